The van der Waals surface area contributed by atoms with Crippen molar-refractivity contribution in [2.24, 2.45) is 0 Å². The van der Waals surface area contributed by atoms with Gasteiger partial charge < -0.3 is 0 Å². The van der Waals surface area contributed by atoms with Gasteiger partial charge in [0, 0.05) is 31.2 Å². The van der Waals surface area contributed by atoms with Crippen molar-refractivity contribution >= 4 is 50.7 Å². The van der Waals surface area contributed by atoms with E-state index in [1.54, 1.807) is 36.4 Å². The number of Topliss-reactive ketones (excluding diaryl/α,β-unsaturated/α-hetero) is 2. The summed E-state index contributed by atoms with van der Waals surface area (Å²) >= 11 is 15.6. The van der Waals surface area contributed by atoms with E-state index in [-0.39, 0.29) is 11.6 Å². The summed E-state index contributed by atoms with van der Waals surface area (Å²) in [6, 6.07) is 10.0. The van der Waals surface area contributed by atoms with Crippen molar-refractivity contribution in [1.29, 1.82) is 0 Å². The molecule has 0 fully saturated rings. The molecule has 0 spiro atoms. The third kappa shape index (κ3) is 1.93. The topological polar surface area (TPSA) is 34.1 Å². The lowest BCUT2D eigenvalue weighted by atomic mass is 9.94. The quantitative estimate of drug-likeness (QED) is 0.668. The largest absolute Gasteiger partial charge is 0.293 e. The molecule has 0 N–H and O–H groups in total. The Bertz CT molecular complexity index is 735. The zero-order valence-electron chi connectivity index (χ0n) is 9.99. The number of benzene rings is 2. The first kappa shape index (κ1) is 13.8. The predicted octanol–water partition coefficient (Wildman–Crippen LogP) is 4.92. The summed E-state index contributed by atoms with van der Waals surface area (Å²) in [7, 11) is 0. The number of carbonyl (C=O) groups is 2. The number of fused-ring (bicyclic) bond motifs is 1. The maximum absolute atomic E-state index is 12.6. The molecule has 2 aromatic carbocycles. The van der Waals surface area contributed by atoms with Crippen molar-refractivity contribution in [2.45, 2.75) is 5.92 Å². The first-order valence-electron chi connectivity index (χ1n) is 5.83. The molecule has 0 radical (unpaired) electrons. The number of rotatable bonds is 1. The monoisotopic (exact) mass is 368 g/mol. The van der Waals surface area contributed by atoms with Gasteiger partial charge >= 0.3 is 0 Å². The van der Waals surface area contributed by atoms with Crippen molar-refractivity contribution in [3.63, 3.8) is 0 Å². The van der Waals surface area contributed by atoms with Gasteiger partial charge in [-0.2, -0.15) is 0 Å². The van der Waals surface area contributed by atoms with E-state index in [0.29, 0.717) is 31.2 Å². The molecule has 0 heterocycles. The van der Waals surface area contributed by atoms with Crippen LogP contribution in [0.5, 0.6) is 0 Å². The Kier molecular flexibility index (Phi) is 3.44. The minimum atomic E-state index is -0.954. The van der Waals surface area contributed by atoms with Gasteiger partial charge in [-0.25, -0.2) is 0 Å². The summed E-state index contributed by atoms with van der Waals surface area (Å²) in [5, 5.41) is 0.654. The fourth-order valence-corrected chi connectivity index (χ4v) is 3.62. The average molecular weight is 370 g/mol. The van der Waals surface area contributed by atoms with Gasteiger partial charge in [-0.15, -0.1) is 0 Å². The van der Waals surface area contributed by atoms with Gasteiger partial charge in [-0.1, -0.05) is 57.3 Å². The van der Waals surface area contributed by atoms with Gasteiger partial charge in [0.2, 0.25) is 0 Å². The van der Waals surface area contributed by atoms with E-state index in [0.717, 1.165) is 0 Å². The van der Waals surface area contributed by atoms with E-state index in [2.05, 4.69) is 15.9 Å². The second-order valence-electron chi connectivity index (χ2n) is 4.46. The standard InChI is InChI=1S/C15H7BrCl2O2/c16-8-4-1-3-7-11(8)15(20)13(14(7)19)12-9(17)5-2-6-10(12)18/h1-6,13H. The smallest absolute Gasteiger partial charge is 0.180 e. The molecule has 100 valence electrons. The van der Waals surface area contributed by atoms with Crippen LogP contribution in [0, 0.1) is 0 Å². The molecule has 2 aromatic rings. The highest BCUT2D eigenvalue weighted by Gasteiger charge is 2.42. The molecule has 0 saturated heterocycles. The van der Waals surface area contributed by atoms with E-state index in [9.17, 15) is 9.59 Å². The molecule has 3 rings (SSSR count). The second kappa shape index (κ2) is 4.99. The Morgan fingerprint density at radius 2 is 1.50 bits per heavy atom. The Hall–Kier alpha value is -1.16. The average Bonchev–Trinajstić information content (AvgIpc) is 2.65. The summed E-state index contributed by atoms with van der Waals surface area (Å²) in [6.07, 6.45) is 0. The van der Waals surface area contributed by atoms with Crippen LogP contribution >= 0.6 is 39.1 Å². The molecule has 0 aromatic heterocycles. The van der Waals surface area contributed by atoms with Crippen LogP contribution in [0.15, 0.2) is 40.9 Å². The van der Waals surface area contributed by atoms with Crippen molar-refractivity contribution in [1.82, 2.24) is 0 Å². The lowest BCUT2D eigenvalue weighted by Crippen LogP contribution is -2.14. The van der Waals surface area contributed by atoms with Crippen LogP contribution in [0.3, 0.4) is 0 Å². The summed E-state index contributed by atoms with van der Waals surface area (Å²) in [5.41, 5.74) is 1.19. The fraction of sp³-hybridized carbons (Fsp3) is 0.0667. The molecule has 0 saturated carbocycles. The van der Waals surface area contributed by atoms with E-state index in [1.807, 2.05) is 0 Å². The normalized spacial score (nSPS) is 17.4. The van der Waals surface area contributed by atoms with Crippen molar-refractivity contribution in [3.8, 4) is 0 Å². The Labute approximate surface area is 133 Å². The molecule has 1 aliphatic carbocycles. The second-order valence-corrected chi connectivity index (χ2v) is 6.13. The van der Waals surface area contributed by atoms with Gasteiger partial charge in [0.25, 0.3) is 0 Å². The van der Waals surface area contributed by atoms with Gasteiger partial charge in [0.15, 0.2) is 11.6 Å². The van der Waals surface area contributed by atoms with E-state index < -0.39 is 5.92 Å². The van der Waals surface area contributed by atoms with Crippen LogP contribution in [0.2, 0.25) is 10.0 Å². The minimum Gasteiger partial charge on any atom is -0.293 e. The van der Waals surface area contributed by atoms with E-state index >= 15 is 0 Å². The van der Waals surface area contributed by atoms with E-state index in [1.165, 1.54) is 0 Å². The zero-order valence-corrected chi connectivity index (χ0v) is 13.1. The Morgan fingerprint density at radius 3 is 2.10 bits per heavy atom. The molecule has 1 atom stereocenters. The molecule has 1 aliphatic rings. The van der Waals surface area contributed by atoms with Gasteiger partial charge in [0.1, 0.15) is 5.92 Å². The highest BCUT2D eigenvalue weighted by Crippen LogP contribution is 2.42. The number of halogens is 3. The minimum absolute atomic E-state index is 0.263. The van der Waals surface area contributed by atoms with Crippen LogP contribution in [-0.4, -0.2) is 11.6 Å². The molecular weight excluding hydrogens is 363 g/mol. The molecular formula is C15H7BrCl2O2. The van der Waals surface area contributed by atoms with Gasteiger partial charge in [-0.3, -0.25) is 9.59 Å². The molecule has 0 amide bonds. The highest BCUT2D eigenvalue weighted by molar-refractivity contribution is 9.10. The summed E-state index contributed by atoms with van der Waals surface area (Å²) in [5.74, 6) is -1.49. The van der Waals surface area contributed by atoms with Gasteiger partial charge in [0.05, 0.1) is 0 Å². The summed E-state index contributed by atoms with van der Waals surface area (Å²) in [6.45, 7) is 0. The summed E-state index contributed by atoms with van der Waals surface area (Å²) in [4.78, 5) is 25.1. The number of hydrogen-bond donors (Lipinski definition) is 0. The van der Waals surface area contributed by atoms with Crippen LogP contribution in [0.1, 0.15) is 32.2 Å². The van der Waals surface area contributed by atoms with Crippen LogP contribution in [0.4, 0.5) is 0 Å². The first-order chi connectivity index (χ1) is 9.52. The third-order valence-electron chi connectivity index (χ3n) is 3.34. The van der Waals surface area contributed by atoms with Crippen LogP contribution in [-0.2, 0) is 0 Å². The molecule has 0 aliphatic heterocycles. The lowest BCUT2D eigenvalue weighted by Gasteiger charge is -2.11. The third-order valence-corrected chi connectivity index (χ3v) is 4.66. The van der Waals surface area contributed by atoms with Crippen molar-refractivity contribution in [2.75, 3.05) is 0 Å². The van der Waals surface area contributed by atoms with Crippen molar-refractivity contribution in [3.05, 3.63) is 67.6 Å². The molecule has 2 nitrogen and oxygen atoms in total. The number of ketones is 2. The predicted molar refractivity (Wildman–Crippen MR) is 82.0 cm³/mol. The van der Waals surface area contributed by atoms with Crippen molar-refractivity contribution < 1.29 is 9.59 Å². The SMILES string of the molecule is O=C1c2cccc(Br)c2C(=O)C1c1c(Cl)cccc1Cl. The number of carbonyl (C=O) groups excluding carboxylic acids is 2. The molecule has 20 heavy (non-hydrogen) atoms. The molecule has 0 bridgehead atoms. The maximum atomic E-state index is 12.6. The van der Waals surface area contributed by atoms with Crippen LogP contribution in [0.25, 0.3) is 0 Å². The highest BCUT2D eigenvalue weighted by atomic mass is 79.9. The molecule has 1 unspecified atom stereocenters. The number of hydrogen-bond acceptors (Lipinski definition) is 2. The maximum Gasteiger partial charge on any atom is 0.180 e. The van der Waals surface area contributed by atoms with E-state index in [4.69, 9.17) is 23.2 Å². The Morgan fingerprint density at radius 1 is 0.900 bits per heavy atom. The lowest BCUT2D eigenvalue weighted by molar-refractivity contribution is 0.0890. The fourth-order valence-electron chi connectivity index (χ4n) is 2.45. The zero-order chi connectivity index (χ0) is 14.4. The summed E-state index contributed by atoms with van der Waals surface area (Å²) < 4.78 is 0.610. The first-order valence-corrected chi connectivity index (χ1v) is 7.38. The Balaban J connectivity index is 2.23. The molecule has 5 heteroatoms. The van der Waals surface area contributed by atoms with Gasteiger partial charge in [-0.05, 0) is 18.2 Å². The van der Waals surface area contributed by atoms with Crippen LogP contribution < -0.4 is 0 Å².